The van der Waals surface area contributed by atoms with Crippen LogP contribution in [0, 0.1) is 41.0 Å². The fraction of sp³-hybridized carbons (Fsp3) is 0.226. The summed E-state index contributed by atoms with van der Waals surface area (Å²) in [6, 6.07) is 14.5. The lowest BCUT2D eigenvalue weighted by molar-refractivity contribution is -0.384. The maximum absolute atomic E-state index is 11.4. The SMILES string of the molecule is C.C.Cc1ccc(C)c(Cc2cc(Cl)c3nonc3c2[N+](=O)[O-])c1.Cc1ccc(Cl)cc1Cc1cc(Cl)c2nonc2c1[N+](=O)[O-]. The largest absolute Gasteiger partial charge is 0.304 e. The van der Waals surface area contributed by atoms with Crippen molar-refractivity contribution in [2.45, 2.75) is 48.5 Å². The van der Waals surface area contributed by atoms with Crippen molar-refractivity contribution in [3.63, 3.8) is 0 Å². The van der Waals surface area contributed by atoms with Crippen molar-refractivity contribution in [2.75, 3.05) is 0 Å². The van der Waals surface area contributed by atoms with Crippen molar-refractivity contribution in [1.29, 1.82) is 0 Å². The van der Waals surface area contributed by atoms with Gasteiger partial charge in [0.2, 0.25) is 11.0 Å². The van der Waals surface area contributed by atoms with E-state index in [1.165, 1.54) is 6.07 Å². The molecule has 2 aromatic heterocycles. The summed E-state index contributed by atoms with van der Waals surface area (Å²) in [6.45, 7) is 5.86. The van der Waals surface area contributed by atoms with E-state index in [1.54, 1.807) is 18.2 Å². The summed E-state index contributed by atoms with van der Waals surface area (Å²) < 4.78 is 9.17. The van der Waals surface area contributed by atoms with Crippen molar-refractivity contribution in [2.24, 2.45) is 0 Å². The van der Waals surface area contributed by atoms with Crippen LogP contribution in [0.1, 0.15) is 53.8 Å². The summed E-state index contributed by atoms with van der Waals surface area (Å²) in [4.78, 5) is 21.9. The molecular weight excluding hydrogens is 659 g/mol. The van der Waals surface area contributed by atoms with E-state index in [-0.39, 0.29) is 53.3 Å². The summed E-state index contributed by atoms with van der Waals surface area (Å²) in [7, 11) is 0. The highest BCUT2D eigenvalue weighted by Crippen LogP contribution is 2.36. The third kappa shape index (κ3) is 7.25. The smallest absolute Gasteiger partial charge is 0.258 e. The zero-order valence-electron chi connectivity index (χ0n) is 23.3. The molecule has 0 radical (unpaired) electrons. The molecule has 0 amide bonds. The molecular formula is C31H29Cl3N6O6. The predicted octanol–water partition coefficient (Wildman–Crippen LogP) is 9.60. The van der Waals surface area contributed by atoms with Gasteiger partial charge in [0.15, 0.2) is 11.0 Å². The predicted molar refractivity (Wildman–Crippen MR) is 178 cm³/mol. The zero-order valence-corrected chi connectivity index (χ0v) is 25.6. The molecule has 0 aliphatic heterocycles. The van der Waals surface area contributed by atoms with Crippen LogP contribution in [0.2, 0.25) is 15.1 Å². The van der Waals surface area contributed by atoms with Gasteiger partial charge in [-0.15, -0.1) is 0 Å². The van der Waals surface area contributed by atoms with Crippen LogP contribution in [0.4, 0.5) is 11.4 Å². The Morgan fingerprint density at radius 3 is 1.48 bits per heavy atom. The molecule has 0 saturated carbocycles. The molecule has 0 spiro atoms. The molecule has 12 nitrogen and oxygen atoms in total. The second-order valence-corrected chi connectivity index (χ2v) is 11.3. The Morgan fingerprint density at radius 2 is 1.02 bits per heavy atom. The minimum absolute atomic E-state index is 0. The molecule has 0 saturated heterocycles. The lowest BCUT2D eigenvalue weighted by Gasteiger charge is -2.08. The molecule has 0 aliphatic carbocycles. The molecule has 240 valence electrons. The van der Waals surface area contributed by atoms with Crippen molar-refractivity contribution >= 4 is 68.2 Å². The first-order valence-electron chi connectivity index (χ1n) is 12.9. The summed E-state index contributed by atoms with van der Waals surface area (Å²) in [5.74, 6) is 0. The number of halogens is 3. The number of rotatable bonds is 6. The van der Waals surface area contributed by atoms with Gasteiger partial charge in [-0.1, -0.05) is 79.5 Å². The van der Waals surface area contributed by atoms with Crippen LogP contribution in [0.3, 0.4) is 0 Å². The molecule has 15 heteroatoms. The van der Waals surface area contributed by atoms with Crippen LogP contribution in [-0.4, -0.2) is 30.5 Å². The Hall–Kier alpha value is -4.65. The van der Waals surface area contributed by atoms with Crippen LogP contribution < -0.4 is 0 Å². The molecule has 46 heavy (non-hydrogen) atoms. The van der Waals surface area contributed by atoms with E-state index in [0.717, 1.165) is 27.8 Å². The van der Waals surface area contributed by atoms with Crippen molar-refractivity contribution < 1.29 is 19.1 Å². The number of hydrogen-bond acceptors (Lipinski definition) is 10. The van der Waals surface area contributed by atoms with E-state index in [2.05, 4.69) is 29.9 Å². The van der Waals surface area contributed by atoms with Crippen LogP contribution >= 0.6 is 34.8 Å². The number of nitro benzene ring substituents is 2. The van der Waals surface area contributed by atoms with Crippen molar-refractivity contribution in [1.82, 2.24) is 20.6 Å². The van der Waals surface area contributed by atoms with Crippen LogP contribution in [-0.2, 0) is 12.8 Å². The molecule has 0 N–H and O–H groups in total. The first-order valence-corrected chi connectivity index (χ1v) is 14.0. The highest BCUT2D eigenvalue weighted by atomic mass is 35.5. The van der Waals surface area contributed by atoms with E-state index in [1.807, 2.05) is 45.0 Å². The number of benzene rings is 4. The number of nitro groups is 2. The minimum atomic E-state index is -0.502. The maximum Gasteiger partial charge on any atom is 0.304 e. The Balaban J connectivity index is 0.000000240. The molecule has 0 aliphatic rings. The van der Waals surface area contributed by atoms with E-state index in [4.69, 9.17) is 34.8 Å². The molecule has 6 aromatic rings. The van der Waals surface area contributed by atoms with Gasteiger partial charge in [0.25, 0.3) is 0 Å². The molecule has 6 rings (SSSR count). The van der Waals surface area contributed by atoms with Crippen LogP contribution in [0.15, 0.2) is 57.8 Å². The summed E-state index contributed by atoms with van der Waals surface area (Å²) in [5.41, 5.74) is 6.21. The van der Waals surface area contributed by atoms with Crippen LogP contribution in [0.25, 0.3) is 22.1 Å². The van der Waals surface area contributed by atoms with E-state index < -0.39 is 9.85 Å². The van der Waals surface area contributed by atoms with Gasteiger partial charge in [-0.3, -0.25) is 20.2 Å². The van der Waals surface area contributed by atoms with Gasteiger partial charge >= 0.3 is 11.4 Å². The van der Waals surface area contributed by atoms with E-state index in [0.29, 0.717) is 34.0 Å². The summed E-state index contributed by atoms with van der Waals surface area (Å²) >= 11 is 18.2. The molecule has 0 bridgehead atoms. The van der Waals surface area contributed by atoms with Gasteiger partial charge in [-0.25, -0.2) is 9.26 Å². The number of nitrogens with zero attached hydrogens (tertiary/aromatic N) is 6. The summed E-state index contributed by atoms with van der Waals surface area (Å²) in [6.07, 6.45) is 0.706. The zero-order chi connectivity index (χ0) is 31.7. The summed E-state index contributed by atoms with van der Waals surface area (Å²) in [5, 5.41) is 38.4. The Labute approximate surface area is 278 Å². The average molecular weight is 688 g/mol. The highest BCUT2D eigenvalue weighted by Gasteiger charge is 2.26. The monoisotopic (exact) mass is 686 g/mol. The number of aromatic nitrogens is 4. The quantitative estimate of drug-likeness (QED) is 0.122. The topological polar surface area (TPSA) is 164 Å². The molecule has 0 fully saturated rings. The fourth-order valence-corrected chi connectivity index (χ4v) is 5.50. The standard InChI is InChI=1S/C15H12ClN3O3.C14H9Cl2N3O3.2CH4/c1-8-3-4-9(2)10(5-8)6-11-7-12(16)13-14(18-22-17-13)15(11)19(20)21;1-7-2-3-10(15)5-8(7)4-9-6-11(16)12-13(18-22-17-12)14(9)19(20)21;;/h3-5,7H,6H2,1-2H3;2-3,5-6H,4H2,1H3;2*1H4. The molecule has 4 aromatic carbocycles. The molecule has 2 heterocycles. The lowest BCUT2D eigenvalue weighted by Crippen LogP contribution is -2.00. The van der Waals surface area contributed by atoms with Gasteiger partial charge in [0.1, 0.15) is 0 Å². The van der Waals surface area contributed by atoms with E-state index in [9.17, 15) is 20.2 Å². The van der Waals surface area contributed by atoms with Crippen molar-refractivity contribution in [3.05, 3.63) is 123 Å². The van der Waals surface area contributed by atoms with Crippen molar-refractivity contribution in [3.8, 4) is 0 Å². The second-order valence-electron chi connectivity index (χ2n) is 10.0. The average Bonchev–Trinajstić information content (AvgIpc) is 3.64. The van der Waals surface area contributed by atoms with Gasteiger partial charge in [0, 0.05) is 29.0 Å². The minimum Gasteiger partial charge on any atom is -0.258 e. The Kier molecular flexibility index (Phi) is 11.4. The van der Waals surface area contributed by atoms with Gasteiger partial charge in [0.05, 0.1) is 19.9 Å². The Morgan fingerprint density at radius 1 is 0.609 bits per heavy atom. The third-order valence-electron chi connectivity index (χ3n) is 7.03. The first-order chi connectivity index (χ1) is 20.9. The molecule has 0 unspecified atom stereocenters. The third-order valence-corrected chi connectivity index (χ3v) is 7.84. The number of fused-ring (bicyclic) bond motifs is 2. The molecule has 0 atom stereocenters. The van der Waals surface area contributed by atoms with E-state index >= 15 is 0 Å². The highest BCUT2D eigenvalue weighted by molar-refractivity contribution is 6.35. The Bertz CT molecular complexity index is 1930. The van der Waals surface area contributed by atoms with Gasteiger partial charge in [-0.05, 0) is 87.9 Å². The normalized spacial score (nSPS) is 10.6. The lowest BCUT2D eigenvalue weighted by atomic mass is 9.97. The van der Waals surface area contributed by atoms with Crippen LogP contribution in [0.5, 0.6) is 0 Å². The first kappa shape index (κ1) is 35.8. The van der Waals surface area contributed by atoms with Gasteiger partial charge < -0.3 is 0 Å². The van der Waals surface area contributed by atoms with Gasteiger partial charge in [-0.2, -0.15) is 0 Å². The maximum atomic E-state index is 11.4. The number of hydrogen-bond donors (Lipinski definition) is 0. The second kappa shape index (κ2) is 14.6. The fourth-order valence-electron chi connectivity index (χ4n) is 4.79. The number of aryl methyl sites for hydroxylation is 3.